The Bertz CT molecular complexity index is 459. The second-order valence-corrected chi connectivity index (χ2v) is 7.22. The van der Waals surface area contributed by atoms with Crippen LogP contribution in [0.1, 0.15) is 54.9 Å². The monoisotopic (exact) mass is 297 g/mol. The summed E-state index contributed by atoms with van der Waals surface area (Å²) in [7, 11) is 0. The molecule has 1 aromatic rings. The molecule has 1 N–H and O–H groups in total. The summed E-state index contributed by atoms with van der Waals surface area (Å²) < 4.78 is 0. The van der Waals surface area contributed by atoms with Gasteiger partial charge in [0.25, 0.3) is 0 Å². The maximum atomic E-state index is 12.5. The van der Waals surface area contributed by atoms with E-state index in [1.807, 2.05) is 0 Å². The van der Waals surface area contributed by atoms with Crippen molar-refractivity contribution in [2.75, 3.05) is 0 Å². The third kappa shape index (κ3) is 2.82. The third-order valence-corrected chi connectivity index (χ3v) is 5.90. The topological polar surface area (TPSA) is 29.1 Å². The van der Waals surface area contributed by atoms with Gasteiger partial charge in [-0.05, 0) is 49.1 Å². The number of thiophene rings is 1. The molecule has 19 heavy (non-hydrogen) atoms. The zero-order valence-electron chi connectivity index (χ0n) is 11.0. The van der Waals surface area contributed by atoms with Crippen LogP contribution in [0, 0.1) is 0 Å². The number of halogens is 1. The average Bonchev–Trinajstić information content (AvgIpc) is 2.89. The van der Waals surface area contributed by atoms with Crippen molar-refractivity contribution in [3.05, 3.63) is 21.9 Å². The highest BCUT2D eigenvalue weighted by molar-refractivity contribution is 7.10. The first-order valence-electron chi connectivity index (χ1n) is 7.26. The standard InChI is InChI=1S/C15H20ClNOS/c16-12-5-1-2-6-13(12)17-15(18)11-4-3-7-14-10(11)8-9-19-14/h8-9,11-13H,1-7H2,(H,17,18). The molecule has 1 heterocycles. The van der Waals surface area contributed by atoms with Crippen molar-refractivity contribution >= 4 is 28.8 Å². The van der Waals surface area contributed by atoms with E-state index >= 15 is 0 Å². The van der Waals surface area contributed by atoms with Crippen LogP contribution < -0.4 is 5.32 Å². The van der Waals surface area contributed by atoms with Crippen molar-refractivity contribution in [1.29, 1.82) is 0 Å². The molecule has 0 saturated heterocycles. The lowest BCUT2D eigenvalue weighted by Gasteiger charge is -2.30. The van der Waals surface area contributed by atoms with Gasteiger partial charge in [0.1, 0.15) is 0 Å². The van der Waals surface area contributed by atoms with Crippen molar-refractivity contribution in [2.45, 2.75) is 62.3 Å². The summed E-state index contributed by atoms with van der Waals surface area (Å²) in [6.45, 7) is 0. The quantitative estimate of drug-likeness (QED) is 0.826. The average molecular weight is 298 g/mol. The van der Waals surface area contributed by atoms with Gasteiger partial charge in [-0.3, -0.25) is 4.79 Å². The van der Waals surface area contributed by atoms with E-state index in [1.165, 1.54) is 23.3 Å². The molecule has 1 saturated carbocycles. The first kappa shape index (κ1) is 13.4. The zero-order valence-corrected chi connectivity index (χ0v) is 12.6. The minimum Gasteiger partial charge on any atom is -0.351 e. The Morgan fingerprint density at radius 1 is 1.26 bits per heavy atom. The van der Waals surface area contributed by atoms with Gasteiger partial charge in [-0.15, -0.1) is 22.9 Å². The van der Waals surface area contributed by atoms with Gasteiger partial charge in [0, 0.05) is 10.9 Å². The predicted molar refractivity (Wildman–Crippen MR) is 80.0 cm³/mol. The van der Waals surface area contributed by atoms with Crippen LogP contribution in [0.5, 0.6) is 0 Å². The molecule has 2 aliphatic carbocycles. The van der Waals surface area contributed by atoms with Crippen molar-refractivity contribution in [1.82, 2.24) is 5.32 Å². The smallest absolute Gasteiger partial charge is 0.227 e. The first-order chi connectivity index (χ1) is 9.25. The Balaban J connectivity index is 1.68. The molecule has 0 aliphatic heterocycles. The highest BCUT2D eigenvalue weighted by atomic mass is 35.5. The molecule has 1 amide bonds. The van der Waals surface area contributed by atoms with Crippen LogP contribution >= 0.6 is 22.9 Å². The number of carbonyl (C=O) groups is 1. The lowest BCUT2D eigenvalue weighted by molar-refractivity contribution is -0.123. The van der Waals surface area contributed by atoms with Crippen molar-refractivity contribution in [3.63, 3.8) is 0 Å². The van der Waals surface area contributed by atoms with Crippen molar-refractivity contribution < 1.29 is 4.79 Å². The largest absolute Gasteiger partial charge is 0.351 e. The number of hydrogen-bond acceptors (Lipinski definition) is 2. The number of alkyl halides is 1. The molecule has 1 aromatic heterocycles. The summed E-state index contributed by atoms with van der Waals surface area (Å²) in [5, 5.41) is 5.43. The van der Waals surface area contributed by atoms with Gasteiger partial charge in [0.15, 0.2) is 0 Å². The molecule has 3 atom stereocenters. The number of amides is 1. The molecule has 2 nitrogen and oxygen atoms in total. The third-order valence-electron chi connectivity index (χ3n) is 4.38. The molecule has 4 heteroatoms. The maximum Gasteiger partial charge on any atom is 0.227 e. The van der Waals surface area contributed by atoms with Gasteiger partial charge in [0.2, 0.25) is 5.91 Å². The van der Waals surface area contributed by atoms with Crippen LogP contribution in [0.25, 0.3) is 0 Å². The molecular formula is C15H20ClNOS. The summed E-state index contributed by atoms with van der Waals surface area (Å²) >= 11 is 8.12. The molecule has 2 aliphatic rings. The summed E-state index contributed by atoms with van der Waals surface area (Å²) in [6, 6.07) is 2.30. The van der Waals surface area contributed by atoms with Crippen LogP contribution in [-0.2, 0) is 11.2 Å². The summed E-state index contributed by atoms with van der Waals surface area (Å²) in [4.78, 5) is 13.9. The SMILES string of the molecule is O=C(NC1CCCCC1Cl)C1CCCc2sccc21. The Kier molecular flexibility index (Phi) is 4.13. The minimum absolute atomic E-state index is 0.0563. The predicted octanol–water partition coefficient (Wildman–Crippen LogP) is 3.83. The number of fused-ring (bicyclic) bond motifs is 1. The fraction of sp³-hybridized carbons (Fsp3) is 0.667. The van der Waals surface area contributed by atoms with Crippen molar-refractivity contribution in [3.8, 4) is 0 Å². The number of aryl methyl sites for hydroxylation is 1. The number of rotatable bonds is 2. The van der Waals surface area contributed by atoms with E-state index < -0.39 is 0 Å². The van der Waals surface area contributed by atoms with Crippen LogP contribution in [-0.4, -0.2) is 17.3 Å². The van der Waals surface area contributed by atoms with Crippen LogP contribution in [0.15, 0.2) is 11.4 Å². The van der Waals surface area contributed by atoms with Gasteiger partial charge in [-0.25, -0.2) is 0 Å². The van der Waals surface area contributed by atoms with E-state index in [4.69, 9.17) is 11.6 Å². The Hall–Kier alpha value is -0.540. The minimum atomic E-state index is 0.0563. The van der Waals surface area contributed by atoms with E-state index in [2.05, 4.69) is 16.8 Å². The molecule has 0 aromatic carbocycles. The van der Waals surface area contributed by atoms with Gasteiger partial charge in [0.05, 0.1) is 11.3 Å². The van der Waals surface area contributed by atoms with Gasteiger partial charge >= 0.3 is 0 Å². The summed E-state index contributed by atoms with van der Waals surface area (Å²) in [5.41, 5.74) is 1.26. The van der Waals surface area contributed by atoms with E-state index in [9.17, 15) is 4.79 Å². The molecule has 0 bridgehead atoms. The van der Waals surface area contributed by atoms with Crippen LogP contribution in [0.4, 0.5) is 0 Å². The van der Waals surface area contributed by atoms with E-state index in [-0.39, 0.29) is 23.2 Å². The first-order valence-corrected chi connectivity index (χ1v) is 8.58. The second kappa shape index (κ2) is 5.84. The Morgan fingerprint density at radius 3 is 2.95 bits per heavy atom. The number of hydrogen-bond donors (Lipinski definition) is 1. The summed E-state index contributed by atoms with van der Waals surface area (Å²) in [5.74, 6) is 0.248. The second-order valence-electron chi connectivity index (χ2n) is 5.66. The van der Waals surface area contributed by atoms with E-state index in [0.29, 0.717) is 0 Å². The fourth-order valence-electron chi connectivity index (χ4n) is 3.29. The Morgan fingerprint density at radius 2 is 2.11 bits per heavy atom. The van der Waals surface area contributed by atoms with Gasteiger partial charge < -0.3 is 5.32 Å². The molecule has 104 valence electrons. The normalized spacial score (nSPS) is 30.7. The molecule has 0 radical (unpaired) electrons. The van der Waals surface area contributed by atoms with E-state index in [1.54, 1.807) is 11.3 Å². The molecule has 3 rings (SSSR count). The Labute approximate surface area is 123 Å². The molecule has 3 unspecified atom stereocenters. The molecule has 0 spiro atoms. The number of carbonyl (C=O) groups excluding carboxylic acids is 1. The fourth-order valence-corrected chi connectivity index (χ4v) is 4.62. The lowest BCUT2D eigenvalue weighted by atomic mass is 9.86. The van der Waals surface area contributed by atoms with E-state index in [0.717, 1.165) is 32.1 Å². The lowest BCUT2D eigenvalue weighted by Crippen LogP contribution is -2.45. The number of nitrogens with one attached hydrogen (secondary N) is 1. The van der Waals surface area contributed by atoms with Gasteiger partial charge in [-0.1, -0.05) is 12.8 Å². The van der Waals surface area contributed by atoms with Crippen molar-refractivity contribution in [2.24, 2.45) is 0 Å². The highest BCUT2D eigenvalue weighted by Gasteiger charge is 2.31. The highest BCUT2D eigenvalue weighted by Crippen LogP contribution is 2.35. The zero-order chi connectivity index (χ0) is 13.2. The molecule has 1 fully saturated rings. The molecular weight excluding hydrogens is 278 g/mol. The van der Waals surface area contributed by atoms with Gasteiger partial charge in [-0.2, -0.15) is 0 Å². The van der Waals surface area contributed by atoms with Crippen LogP contribution in [0.3, 0.4) is 0 Å². The van der Waals surface area contributed by atoms with Crippen LogP contribution in [0.2, 0.25) is 0 Å². The maximum absolute atomic E-state index is 12.5. The summed E-state index contributed by atoms with van der Waals surface area (Å²) in [6.07, 6.45) is 7.68.